The SMILES string of the molecule is COc1cc(C(=O)N2CCC3(CC2)NCCn2c(C(F)(F)F)ccc23)ccc1OC(C)(C)C.Cc1cc(C(=O)N2CCC3(CC2)c2ccc(C(F)(F)F)n2CCN3C)ccc1OC(C)C.Cc1cc(S(=O)(=O)C(C)C)ccc1C(=O)N1CCC2(CC1)c1ccc(C(F)(F)F)n1CCN2C.[HH]. The first-order chi connectivity index (χ1) is 46.2. The normalized spacial score (nSPS) is 18.7. The third-order valence-corrected chi connectivity index (χ3v) is 22.6. The van der Waals surface area contributed by atoms with Crippen LogP contribution in [0.3, 0.4) is 0 Å². The number of methoxy groups -OCH3 is 1. The van der Waals surface area contributed by atoms with E-state index in [1.54, 1.807) is 79.1 Å². The minimum absolute atomic E-state index is 0. The van der Waals surface area contributed by atoms with Crippen molar-refractivity contribution >= 4 is 27.6 Å². The maximum Gasteiger partial charge on any atom is 0.431 e. The molecule has 3 aromatic carbocycles. The molecule has 0 unspecified atom stereocenters. The number of nitrogens with zero attached hydrogens (tertiary/aromatic N) is 8. The van der Waals surface area contributed by atoms with Crippen molar-refractivity contribution in [1.82, 2.24) is 43.5 Å². The Labute approximate surface area is 574 Å². The molecule has 0 saturated carbocycles. The number of sulfone groups is 1. The first-order valence-corrected chi connectivity index (χ1v) is 35.2. The molecular weight excluding hydrogens is 1320 g/mol. The molecule has 542 valence electrons. The van der Waals surface area contributed by atoms with Crippen LogP contribution in [0.25, 0.3) is 0 Å². The number of likely N-dealkylation sites (tertiary alicyclic amines) is 3. The summed E-state index contributed by atoms with van der Waals surface area (Å²) in [5.41, 5.74) is 1.22. The topological polar surface area (TPSA) is 156 Å². The molecule has 3 amide bonds. The zero-order chi connectivity index (χ0) is 72.3. The lowest BCUT2D eigenvalue weighted by atomic mass is 9.81. The summed E-state index contributed by atoms with van der Waals surface area (Å²) in [6, 6.07) is 23.4. The molecule has 3 fully saturated rings. The Bertz CT molecular complexity index is 4070. The van der Waals surface area contributed by atoms with E-state index in [-0.39, 0.29) is 43.2 Å². The maximum absolute atomic E-state index is 13.5. The number of halogens is 9. The second-order valence-corrected chi connectivity index (χ2v) is 30.9. The number of benzene rings is 3. The Morgan fingerprint density at radius 1 is 0.505 bits per heavy atom. The molecule has 6 aliphatic heterocycles. The van der Waals surface area contributed by atoms with E-state index >= 15 is 0 Å². The predicted molar refractivity (Wildman–Crippen MR) is 358 cm³/mol. The molecule has 6 aliphatic rings. The highest BCUT2D eigenvalue weighted by atomic mass is 32.2. The van der Waals surface area contributed by atoms with Gasteiger partial charge in [-0.2, -0.15) is 39.5 Å². The van der Waals surface area contributed by atoms with Crippen LogP contribution in [0.15, 0.2) is 95.9 Å². The van der Waals surface area contributed by atoms with E-state index in [1.165, 1.54) is 39.0 Å². The first-order valence-electron chi connectivity index (χ1n) is 33.6. The molecule has 17 nitrogen and oxygen atoms in total. The largest absolute Gasteiger partial charge is 0.493 e. The number of piperidine rings is 3. The van der Waals surface area contributed by atoms with Gasteiger partial charge in [-0.15, -0.1) is 0 Å². The van der Waals surface area contributed by atoms with Crippen LogP contribution in [0.5, 0.6) is 17.2 Å². The summed E-state index contributed by atoms with van der Waals surface area (Å²) in [7, 11) is 1.99. The monoisotopic (exact) mass is 1410 g/mol. The highest BCUT2D eigenvalue weighted by Crippen LogP contribution is 2.47. The summed E-state index contributed by atoms with van der Waals surface area (Å²) in [5.74, 6) is 1.43. The highest BCUT2D eigenvalue weighted by Gasteiger charge is 2.51. The number of aromatic nitrogens is 3. The summed E-state index contributed by atoms with van der Waals surface area (Å²) in [6.07, 6.45) is -9.76. The quantitative estimate of drug-likeness (QED) is 0.137. The Kier molecular flexibility index (Phi) is 20.8. The zero-order valence-corrected chi connectivity index (χ0v) is 59.0. The van der Waals surface area contributed by atoms with Gasteiger partial charge in [-0.05, 0) is 217 Å². The lowest BCUT2D eigenvalue weighted by Gasteiger charge is -2.50. The van der Waals surface area contributed by atoms with E-state index in [4.69, 9.17) is 14.2 Å². The van der Waals surface area contributed by atoms with Gasteiger partial charge in [0.2, 0.25) is 0 Å². The van der Waals surface area contributed by atoms with E-state index < -0.39 is 72.9 Å². The number of amides is 3. The van der Waals surface area contributed by atoms with Gasteiger partial charge >= 0.3 is 18.5 Å². The van der Waals surface area contributed by atoms with Gasteiger partial charge in [0, 0.05) is 114 Å². The van der Waals surface area contributed by atoms with Gasteiger partial charge in [-0.3, -0.25) is 24.2 Å². The van der Waals surface area contributed by atoms with Gasteiger partial charge in [-0.25, -0.2) is 8.42 Å². The number of hydrogen-bond donors (Lipinski definition) is 1. The first kappa shape index (κ1) is 74.2. The van der Waals surface area contributed by atoms with Crippen molar-refractivity contribution in [3.05, 3.63) is 153 Å². The molecule has 0 atom stereocenters. The summed E-state index contributed by atoms with van der Waals surface area (Å²) in [5, 5.41) is 2.88. The zero-order valence-electron chi connectivity index (χ0n) is 58.2. The smallest absolute Gasteiger partial charge is 0.431 e. The number of hydrogen-bond acceptors (Lipinski definition) is 11. The average Bonchev–Trinajstić information content (AvgIpc) is 1.54. The van der Waals surface area contributed by atoms with E-state index in [0.717, 1.165) is 23.4 Å². The van der Waals surface area contributed by atoms with E-state index in [0.29, 0.717) is 155 Å². The van der Waals surface area contributed by atoms with Crippen molar-refractivity contribution in [2.75, 3.05) is 80.1 Å². The number of fused-ring (bicyclic) bond motifs is 6. The third kappa shape index (κ3) is 14.9. The lowest BCUT2D eigenvalue weighted by molar-refractivity contribution is -0.145. The standard InChI is InChI=1S/C24H30F3N3O3S.C24H30F3N3O3.C24H30F3N3O2.H2/c1-16(2)34(32,33)18-5-6-19(17(3)15-18)22(31)29-11-9-23(10-12-29)20-7-8-21(24(25,26)27)30(20)14-13-28(23)4;1-22(2,3)33-17-6-5-16(15-18(17)32-4)21(31)29-12-9-23(10-13-29)19-7-8-20(24(25,26)27)30(19)14-11-28-23;1-16(2)32-19-6-5-18(15-17(19)3)22(31)29-11-9-23(10-12-29)20-7-8-21(24(25,26)27)30(20)14-13-28(23)4;/h5-8,15-16H,9-14H2,1-4H3;5-8,15,28H,9-14H2,1-4H3;5-8,15-16H,9-14H2,1-4H3;1H. The Hall–Kier alpha value is -7.49. The molecular formula is C72H92F9N9O8S. The minimum Gasteiger partial charge on any atom is -0.493 e. The molecule has 0 bridgehead atoms. The van der Waals surface area contributed by atoms with Crippen molar-refractivity contribution in [3.63, 3.8) is 0 Å². The number of ether oxygens (including phenoxy) is 3. The Balaban J connectivity index is 0.000000174. The molecule has 12 rings (SSSR count). The number of likely N-dealkylation sites (N-methyl/N-ethyl adjacent to an activating group) is 2. The van der Waals surface area contributed by atoms with E-state index in [2.05, 4.69) is 15.1 Å². The molecule has 1 N–H and O–H groups in total. The second-order valence-electron chi connectivity index (χ2n) is 28.3. The molecule has 3 aromatic heterocycles. The molecule has 27 heteroatoms. The predicted octanol–water partition coefficient (Wildman–Crippen LogP) is 13.4. The number of carbonyl (C=O) groups is 3. The molecule has 3 spiro atoms. The van der Waals surface area contributed by atoms with Gasteiger partial charge in [0.15, 0.2) is 21.3 Å². The van der Waals surface area contributed by atoms with Crippen LogP contribution in [-0.4, -0.2) is 161 Å². The fraction of sp³-hybridized carbons (Fsp3) is 0.542. The summed E-state index contributed by atoms with van der Waals surface area (Å²) in [6.45, 7) is 21.7. The summed E-state index contributed by atoms with van der Waals surface area (Å²) in [4.78, 5) is 49.3. The van der Waals surface area contributed by atoms with Crippen molar-refractivity contribution < 1.29 is 78.0 Å². The molecule has 3 saturated heterocycles. The van der Waals surface area contributed by atoms with Crippen LogP contribution in [0, 0.1) is 13.8 Å². The fourth-order valence-electron chi connectivity index (χ4n) is 15.1. The molecule has 99 heavy (non-hydrogen) atoms. The number of aryl methyl sites for hydroxylation is 2. The van der Waals surface area contributed by atoms with Gasteiger partial charge in [0.25, 0.3) is 17.7 Å². The van der Waals surface area contributed by atoms with Gasteiger partial charge in [0.1, 0.15) is 28.4 Å². The Morgan fingerprint density at radius 2 is 0.939 bits per heavy atom. The molecule has 6 aromatic rings. The fourth-order valence-corrected chi connectivity index (χ4v) is 16.3. The van der Waals surface area contributed by atoms with Crippen molar-refractivity contribution in [3.8, 4) is 17.2 Å². The van der Waals surface area contributed by atoms with Crippen LogP contribution < -0.4 is 19.5 Å². The number of nitrogens with one attached hydrogen (secondary N) is 1. The number of carbonyl (C=O) groups excluding carboxylic acids is 3. The van der Waals surface area contributed by atoms with Gasteiger partial charge in [0.05, 0.1) is 40.0 Å². The van der Waals surface area contributed by atoms with E-state index in [9.17, 15) is 62.3 Å². The lowest BCUT2D eigenvalue weighted by Crippen LogP contribution is -2.56. The minimum atomic E-state index is -4.40. The summed E-state index contributed by atoms with van der Waals surface area (Å²) >= 11 is 0. The highest BCUT2D eigenvalue weighted by molar-refractivity contribution is 7.92. The summed E-state index contributed by atoms with van der Waals surface area (Å²) < 4.78 is 167. The van der Waals surface area contributed by atoms with Gasteiger partial charge in [-0.1, -0.05) is 0 Å². The molecule has 0 aliphatic carbocycles. The van der Waals surface area contributed by atoms with Gasteiger partial charge < -0.3 is 47.9 Å². The van der Waals surface area contributed by atoms with Crippen molar-refractivity contribution in [2.45, 2.75) is 177 Å². The van der Waals surface area contributed by atoms with Crippen molar-refractivity contribution in [1.29, 1.82) is 0 Å². The average molecular weight is 1410 g/mol. The van der Waals surface area contributed by atoms with Crippen LogP contribution in [0.4, 0.5) is 39.5 Å². The Morgan fingerprint density at radius 3 is 1.36 bits per heavy atom. The van der Waals surface area contributed by atoms with Crippen LogP contribution in [-0.2, 0) is 64.6 Å². The van der Waals surface area contributed by atoms with Crippen LogP contribution in [0.1, 0.15) is 165 Å². The van der Waals surface area contributed by atoms with Crippen LogP contribution >= 0.6 is 0 Å². The second kappa shape index (κ2) is 27.8. The third-order valence-electron chi connectivity index (χ3n) is 20.5. The number of rotatable bonds is 9. The van der Waals surface area contributed by atoms with Crippen molar-refractivity contribution in [2.24, 2.45) is 0 Å². The molecule has 9 heterocycles. The maximum atomic E-state index is 13.5. The van der Waals surface area contributed by atoms with Crippen LogP contribution in [0.2, 0.25) is 0 Å². The van der Waals surface area contributed by atoms with E-state index in [1.807, 2.05) is 72.7 Å². The number of alkyl halides is 9. The molecule has 0 radical (unpaired) electrons.